The third-order valence-electron chi connectivity index (χ3n) is 1.60. The van der Waals surface area contributed by atoms with Crippen LogP contribution in [0.5, 0.6) is 5.75 Å². The molecule has 0 saturated carbocycles. The third kappa shape index (κ3) is 2.24. The van der Waals surface area contributed by atoms with Gasteiger partial charge < -0.3 is 16.2 Å². The smallest absolute Gasteiger partial charge is 0.167 e. The number of rotatable bonds is 3. The van der Waals surface area contributed by atoms with Crippen LogP contribution in [0, 0.1) is 5.82 Å². The van der Waals surface area contributed by atoms with Gasteiger partial charge in [-0.3, -0.25) is 0 Å². The highest BCUT2D eigenvalue weighted by atomic mass is 19.1. The number of hydrogen-bond donors (Lipinski definition) is 2. The Morgan fingerprint density at radius 3 is 2.54 bits per heavy atom. The lowest BCUT2D eigenvalue weighted by Gasteiger charge is -2.07. The molecule has 0 heterocycles. The second kappa shape index (κ2) is 3.98. The fourth-order valence-corrected chi connectivity index (χ4v) is 0.907. The van der Waals surface area contributed by atoms with Crippen LogP contribution in [-0.2, 0) is 0 Å². The molecule has 13 heavy (non-hydrogen) atoms. The Hall–Kier alpha value is -1.45. The lowest BCUT2D eigenvalue weighted by molar-refractivity contribution is 0.301. The van der Waals surface area contributed by atoms with E-state index in [0.29, 0.717) is 12.3 Å². The van der Waals surface area contributed by atoms with Crippen LogP contribution in [0.2, 0.25) is 0 Å². The largest absolute Gasteiger partial charge is 0.490 e. The third-order valence-corrected chi connectivity index (χ3v) is 1.60. The number of nitrogen functional groups attached to an aromatic ring is 2. The summed E-state index contributed by atoms with van der Waals surface area (Å²) in [6.45, 7) is 2.42. The zero-order valence-corrected chi connectivity index (χ0v) is 7.51. The molecule has 0 bridgehead atoms. The number of nitrogens with two attached hydrogens (primary N) is 2. The van der Waals surface area contributed by atoms with Gasteiger partial charge in [-0.05, 0) is 6.42 Å². The van der Waals surface area contributed by atoms with Crippen molar-refractivity contribution in [1.29, 1.82) is 0 Å². The van der Waals surface area contributed by atoms with Crippen molar-refractivity contribution in [1.82, 2.24) is 0 Å². The molecule has 0 radical (unpaired) electrons. The number of anilines is 2. The van der Waals surface area contributed by atoms with Gasteiger partial charge >= 0.3 is 0 Å². The molecule has 1 rings (SSSR count). The van der Waals surface area contributed by atoms with Gasteiger partial charge in [-0.15, -0.1) is 0 Å². The van der Waals surface area contributed by atoms with E-state index in [0.717, 1.165) is 6.42 Å². The Labute approximate surface area is 76.5 Å². The lowest BCUT2D eigenvalue weighted by Crippen LogP contribution is -2.01. The average molecular weight is 184 g/mol. The van der Waals surface area contributed by atoms with E-state index < -0.39 is 5.82 Å². The highest BCUT2D eigenvalue weighted by Gasteiger charge is 2.06. The Bertz CT molecular complexity index is 302. The van der Waals surface area contributed by atoms with E-state index in [1.54, 1.807) is 0 Å². The van der Waals surface area contributed by atoms with Crippen molar-refractivity contribution in [3.8, 4) is 5.75 Å². The molecule has 72 valence electrons. The number of halogens is 1. The van der Waals surface area contributed by atoms with E-state index in [1.165, 1.54) is 12.1 Å². The van der Waals surface area contributed by atoms with Crippen molar-refractivity contribution in [2.24, 2.45) is 0 Å². The highest BCUT2D eigenvalue weighted by molar-refractivity contribution is 5.65. The maximum Gasteiger partial charge on any atom is 0.167 e. The summed E-state index contributed by atoms with van der Waals surface area (Å²) >= 11 is 0. The summed E-state index contributed by atoms with van der Waals surface area (Å²) in [5.41, 5.74) is 11.5. The molecule has 1 aromatic carbocycles. The van der Waals surface area contributed by atoms with Crippen molar-refractivity contribution in [3.05, 3.63) is 17.9 Å². The maximum absolute atomic E-state index is 13.1. The zero-order chi connectivity index (χ0) is 9.84. The van der Waals surface area contributed by atoms with Gasteiger partial charge in [0, 0.05) is 12.1 Å². The summed E-state index contributed by atoms with van der Waals surface area (Å²) in [5, 5.41) is 0. The first-order valence-electron chi connectivity index (χ1n) is 4.12. The second-order valence-corrected chi connectivity index (χ2v) is 2.76. The minimum absolute atomic E-state index is 0.161. The normalized spacial score (nSPS) is 10.0. The van der Waals surface area contributed by atoms with E-state index >= 15 is 0 Å². The van der Waals surface area contributed by atoms with Gasteiger partial charge in [0.2, 0.25) is 0 Å². The SMILES string of the molecule is CCCOc1cc(N)c(N)cc1F. The summed E-state index contributed by atoms with van der Waals surface area (Å²) in [6.07, 6.45) is 0.823. The molecule has 4 N–H and O–H groups in total. The molecule has 0 aliphatic heterocycles. The van der Waals surface area contributed by atoms with Gasteiger partial charge in [-0.1, -0.05) is 6.92 Å². The summed E-state index contributed by atoms with van der Waals surface area (Å²) in [5.74, 6) is -0.311. The number of benzene rings is 1. The van der Waals surface area contributed by atoms with Crippen molar-refractivity contribution in [2.75, 3.05) is 18.1 Å². The summed E-state index contributed by atoms with van der Waals surface area (Å²) < 4.78 is 18.2. The zero-order valence-electron chi connectivity index (χ0n) is 7.51. The van der Waals surface area contributed by atoms with Crippen molar-refractivity contribution in [3.63, 3.8) is 0 Å². The quantitative estimate of drug-likeness (QED) is 0.704. The van der Waals surface area contributed by atoms with Gasteiger partial charge in [0.25, 0.3) is 0 Å². The van der Waals surface area contributed by atoms with E-state index in [1.807, 2.05) is 6.92 Å². The van der Waals surface area contributed by atoms with Crippen LogP contribution in [0.25, 0.3) is 0 Å². The predicted molar refractivity (Wildman–Crippen MR) is 51.0 cm³/mol. The van der Waals surface area contributed by atoms with Crippen molar-refractivity contribution < 1.29 is 9.13 Å². The van der Waals surface area contributed by atoms with Crippen molar-refractivity contribution >= 4 is 11.4 Å². The number of hydrogen-bond acceptors (Lipinski definition) is 3. The Kier molecular flexibility index (Phi) is 2.95. The molecule has 3 nitrogen and oxygen atoms in total. The average Bonchev–Trinajstić information content (AvgIpc) is 2.09. The topological polar surface area (TPSA) is 61.3 Å². The molecular formula is C9H13FN2O. The lowest BCUT2D eigenvalue weighted by atomic mass is 10.2. The monoisotopic (exact) mass is 184 g/mol. The molecule has 0 amide bonds. The van der Waals surface area contributed by atoms with Crippen LogP contribution in [0.15, 0.2) is 12.1 Å². The summed E-state index contributed by atoms with van der Waals surface area (Å²) in [7, 11) is 0. The van der Waals surface area contributed by atoms with Crippen LogP contribution in [0.4, 0.5) is 15.8 Å². The summed E-state index contributed by atoms with van der Waals surface area (Å²) in [4.78, 5) is 0. The van der Waals surface area contributed by atoms with Crippen LogP contribution >= 0.6 is 0 Å². The molecular weight excluding hydrogens is 171 g/mol. The first kappa shape index (κ1) is 9.64. The number of ether oxygens (including phenoxy) is 1. The molecule has 0 atom stereocenters. The molecule has 0 fully saturated rings. The van der Waals surface area contributed by atoms with Crippen LogP contribution < -0.4 is 16.2 Å². The molecule has 0 aliphatic rings. The molecule has 0 aromatic heterocycles. The first-order chi connectivity index (χ1) is 6.15. The highest BCUT2D eigenvalue weighted by Crippen LogP contribution is 2.25. The fourth-order valence-electron chi connectivity index (χ4n) is 0.907. The van der Waals surface area contributed by atoms with Crippen molar-refractivity contribution in [2.45, 2.75) is 13.3 Å². The van der Waals surface area contributed by atoms with Crippen LogP contribution in [0.1, 0.15) is 13.3 Å². The molecule has 1 aromatic rings. The maximum atomic E-state index is 13.1. The van der Waals surface area contributed by atoms with Gasteiger partial charge in [0.05, 0.1) is 18.0 Å². The predicted octanol–water partition coefficient (Wildman–Crippen LogP) is 1.78. The van der Waals surface area contributed by atoms with Crippen LogP contribution in [-0.4, -0.2) is 6.61 Å². The molecule has 4 heteroatoms. The second-order valence-electron chi connectivity index (χ2n) is 2.76. The summed E-state index contributed by atoms with van der Waals surface area (Å²) in [6, 6.07) is 2.57. The molecule has 0 saturated heterocycles. The first-order valence-corrected chi connectivity index (χ1v) is 4.12. The van der Waals surface area contributed by atoms with Gasteiger partial charge in [-0.25, -0.2) is 4.39 Å². The van der Waals surface area contributed by atoms with Gasteiger partial charge in [0.1, 0.15) is 0 Å². The Morgan fingerprint density at radius 2 is 1.92 bits per heavy atom. The van der Waals surface area contributed by atoms with E-state index in [2.05, 4.69) is 0 Å². The minimum atomic E-state index is -0.472. The van der Waals surface area contributed by atoms with E-state index in [4.69, 9.17) is 16.2 Å². The van der Waals surface area contributed by atoms with Gasteiger partial charge in [-0.2, -0.15) is 0 Å². The minimum Gasteiger partial charge on any atom is -0.490 e. The Morgan fingerprint density at radius 1 is 1.31 bits per heavy atom. The Balaban J connectivity index is 2.88. The standard InChI is InChI=1S/C9H13FN2O/c1-2-3-13-9-5-8(12)7(11)4-6(9)10/h4-5H,2-3,11-12H2,1H3. The molecule has 0 spiro atoms. The van der Waals surface area contributed by atoms with Crippen LogP contribution in [0.3, 0.4) is 0 Å². The van der Waals surface area contributed by atoms with E-state index in [-0.39, 0.29) is 11.4 Å². The fraction of sp³-hybridized carbons (Fsp3) is 0.333. The van der Waals surface area contributed by atoms with E-state index in [9.17, 15) is 4.39 Å². The molecule has 0 unspecified atom stereocenters. The molecule has 0 aliphatic carbocycles. The van der Waals surface area contributed by atoms with Gasteiger partial charge in [0.15, 0.2) is 11.6 Å².